The van der Waals surface area contributed by atoms with Crippen molar-refractivity contribution in [3.63, 3.8) is 0 Å². The van der Waals surface area contributed by atoms with Crippen LogP contribution in [0, 0.1) is 0 Å². The number of carbonyl (C=O) groups is 2. The summed E-state index contributed by atoms with van der Waals surface area (Å²) in [6, 6.07) is 7.37. The molecule has 25 heavy (non-hydrogen) atoms. The van der Waals surface area contributed by atoms with Crippen LogP contribution in [0.3, 0.4) is 0 Å². The molecule has 0 saturated heterocycles. The number of hydrogen-bond donors (Lipinski definition) is 1. The van der Waals surface area contributed by atoms with Crippen molar-refractivity contribution in [2.24, 2.45) is 0 Å². The number of fused-ring (bicyclic) bond motifs is 1. The summed E-state index contributed by atoms with van der Waals surface area (Å²) in [5.74, 6) is -1.38. The minimum absolute atomic E-state index is 0.0934. The number of aromatic carboxylic acids is 1. The summed E-state index contributed by atoms with van der Waals surface area (Å²) in [6.07, 6.45) is 1.69. The van der Waals surface area contributed by atoms with Gasteiger partial charge in [0.15, 0.2) is 5.69 Å². The second-order valence-electron chi connectivity index (χ2n) is 6.18. The van der Waals surface area contributed by atoms with Gasteiger partial charge >= 0.3 is 5.97 Å². The van der Waals surface area contributed by atoms with E-state index in [-0.39, 0.29) is 11.6 Å². The quantitative estimate of drug-likeness (QED) is 0.908. The normalized spacial score (nSPS) is 13.6. The molecule has 0 atom stereocenters. The first-order valence-electron chi connectivity index (χ1n) is 7.90. The number of hydrogen-bond acceptors (Lipinski definition) is 3. The fourth-order valence-electron chi connectivity index (χ4n) is 2.90. The third-order valence-corrected chi connectivity index (χ3v) is 4.38. The van der Waals surface area contributed by atoms with Crippen LogP contribution in [0.2, 0.25) is 5.02 Å². The lowest BCUT2D eigenvalue weighted by molar-refractivity contribution is 0.0671. The van der Waals surface area contributed by atoms with E-state index in [0.29, 0.717) is 35.9 Å². The van der Waals surface area contributed by atoms with Gasteiger partial charge in [-0.3, -0.25) is 9.48 Å². The largest absolute Gasteiger partial charge is 0.476 e. The number of nitrogens with zero attached hydrogens (tertiary/aromatic N) is 3. The van der Waals surface area contributed by atoms with Crippen molar-refractivity contribution in [3.8, 4) is 0 Å². The minimum atomic E-state index is -1.14. The Balaban J connectivity index is 2.00. The van der Waals surface area contributed by atoms with Crippen LogP contribution < -0.4 is 0 Å². The number of rotatable bonds is 4. The van der Waals surface area contributed by atoms with Crippen molar-refractivity contribution >= 4 is 29.6 Å². The molecule has 0 saturated carbocycles. The number of halogens is 1. The van der Waals surface area contributed by atoms with Gasteiger partial charge in [0, 0.05) is 23.7 Å². The zero-order chi connectivity index (χ0) is 18.1. The van der Waals surface area contributed by atoms with Crippen molar-refractivity contribution in [2.45, 2.75) is 26.9 Å². The molecule has 1 aliphatic heterocycles. The smallest absolute Gasteiger partial charge is 0.357 e. The van der Waals surface area contributed by atoms with E-state index in [1.54, 1.807) is 17.0 Å². The molecule has 6 nitrogen and oxygen atoms in total. The molecule has 1 aromatic heterocycles. The number of amides is 1. The van der Waals surface area contributed by atoms with Gasteiger partial charge in [-0.2, -0.15) is 5.10 Å². The SMILES string of the molecule is CC(C)=Cc1c(C(=O)O)nn2c1C(=O)N(Cc1ccccc1Cl)CC2. The second-order valence-corrected chi connectivity index (χ2v) is 6.59. The Morgan fingerprint density at radius 1 is 1.32 bits per heavy atom. The van der Waals surface area contributed by atoms with Crippen LogP contribution in [0.5, 0.6) is 0 Å². The molecule has 1 amide bonds. The molecule has 7 heteroatoms. The fraction of sp³-hybridized carbons (Fsp3) is 0.278. The van der Waals surface area contributed by atoms with Gasteiger partial charge < -0.3 is 10.0 Å². The molecule has 0 spiro atoms. The summed E-state index contributed by atoms with van der Waals surface area (Å²) in [4.78, 5) is 26.1. The van der Waals surface area contributed by atoms with Gasteiger partial charge in [0.05, 0.1) is 6.54 Å². The Morgan fingerprint density at radius 3 is 2.68 bits per heavy atom. The van der Waals surface area contributed by atoms with E-state index in [4.69, 9.17) is 11.6 Å². The molecular weight excluding hydrogens is 342 g/mol. The average molecular weight is 360 g/mol. The molecule has 3 rings (SSSR count). The Hall–Kier alpha value is -2.60. The molecule has 2 aromatic rings. The summed E-state index contributed by atoms with van der Waals surface area (Å²) in [5, 5.41) is 14.1. The third kappa shape index (κ3) is 3.30. The summed E-state index contributed by atoms with van der Waals surface area (Å²) < 4.78 is 1.49. The van der Waals surface area contributed by atoms with Crippen molar-refractivity contribution in [1.29, 1.82) is 0 Å². The highest BCUT2D eigenvalue weighted by molar-refractivity contribution is 6.31. The molecule has 0 fully saturated rings. The monoisotopic (exact) mass is 359 g/mol. The Kier molecular flexibility index (Phi) is 4.63. The number of aromatic nitrogens is 2. The van der Waals surface area contributed by atoms with Crippen molar-refractivity contribution in [3.05, 3.63) is 57.4 Å². The number of carbonyl (C=O) groups excluding carboxylic acids is 1. The zero-order valence-corrected chi connectivity index (χ0v) is 14.7. The predicted molar refractivity (Wildman–Crippen MR) is 94.7 cm³/mol. The molecule has 0 radical (unpaired) electrons. The predicted octanol–water partition coefficient (Wildman–Crippen LogP) is 3.31. The van der Waals surface area contributed by atoms with Crippen LogP contribution in [0.4, 0.5) is 0 Å². The standard InChI is InChI=1S/C18H18ClN3O3/c1-11(2)9-13-15(18(24)25)20-22-8-7-21(17(23)16(13)22)10-12-5-3-4-6-14(12)19/h3-6,9H,7-8,10H2,1-2H3,(H,24,25). The van der Waals surface area contributed by atoms with E-state index in [1.807, 2.05) is 32.0 Å². The van der Waals surface area contributed by atoms with Crippen molar-refractivity contribution in [2.75, 3.05) is 6.54 Å². The van der Waals surface area contributed by atoms with E-state index in [0.717, 1.165) is 11.1 Å². The summed E-state index contributed by atoms with van der Waals surface area (Å²) in [7, 11) is 0. The number of benzene rings is 1. The molecule has 2 heterocycles. The lowest BCUT2D eigenvalue weighted by Crippen LogP contribution is -2.40. The summed E-state index contributed by atoms with van der Waals surface area (Å²) in [5.41, 5.74) is 2.34. The zero-order valence-electron chi connectivity index (χ0n) is 14.0. The highest BCUT2D eigenvalue weighted by atomic mass is 35.5. The van der Waals surface area contributed by atoms with Crippen molar-refractivity contribution in [1.82, 2.24) is 14.7 Å². The van der Waals surface area contributed by atoms with E-state index in [1.165, 1.54) is 4.68 Å². The first-order chi connectivity index (χ1) is 11.9. The van der Waals surface area contributed by atoms with Gasteiger partial charge in [-0.1, -0.05) is 41.4 Å². The first kappa shape index (κ1) is 17.2. The second kappa shape index (κ2) is 6.72. The topological polar surface area (TPSA) is 75.4 Å². The maximum absolute atomic E-state index is 13.0. The van der Waals surface area contributed by atoms with Crippen LogP contribution in [0.1, 0.15) is 46.0 Å². The molecule has 0 unspecified atom stereocenters. The highest BCUT2D eigenvalue weighted by Crippen LogP contribution is 2.25. The van der Waals surface area contributed by atoms with Crippen LogP contribution in [-0.2, 0) is 13.1 Å². The van der Waals surface area contributed by atoms with E-state index < -0.39 is 5.97 Å². The van der Waals surface area contributed by atoms with Gasteiger partial charge in [-0.05, 0) is 25.5 Å². The summed E-state index contributed by atoms with van der Waals surface area (Å²) in [6.45, 7) is 4.98. The first-order valence-corrected chi connectivity index (χ1v) is 8.28. The van der Waals surface area contributed by atoms with Gasteiger partial charge in [-0.15, -0.1) is 0 Å². The van der Waals surface area contributed by atoms with E-state index >= 15 is 0 Å². The van der Waals surface area contributed by atoms with Gasteiger partial charge in [0.1, 0.15) is 5.69 Å². The molecule has 0 aliphatic carbocycles. The lowest BCUT2D eigenvalue weighted by Gasteiger charge is -2.28. The van der Waals surface area contributed by atoms with Gasteiger partial charge in [0.2, 0.25) is 0 Å². The highest BCUT2D eigenvalue weighted by Gasteiger charge is 2.32. The molecule has 1 aromatic carbocycles. The van der Waals surface area contributed by atoms with Crippen LogP contribution >= 0.6 is 11.6 Å². The van der Waals surface area contributed by atoms with Crippen LogP contribution in [0.25, 0.3) is 6.08 Å². The fourth-order valence-corrected chi connectivity index (χ4v) is 3.09. The van der Waals surface area contributed by atoms with Gasteiger partial charge in [-0.25, -0.2) is 4.79 Å². The molecule has 130 valence electrons. The Labute approximate surface area is 150 Å². The maximum atomic E-state index is 13.0. The molecule has 1 aliphatic rings. The van der Waals surface area contributed by atoms with E-state index in [9.17, 15) is 14.7 Å². The molecule has 0 bridgehead atoms. The lowest BCUT2D eigenvalue weighted by atomic mass is 10.1. The summed E-state index contributed by atoms with van der Waals surface area (Å²) >= 11 is 6.19. The average Bonchev–Trinajstić information content (AvgIpc) is 2.91. The van der Waals surface area contributed by atoms with Crippen LogP contribution in [0.15, 0.2) is 29.8 Å². The number of carboxylic acids is 1. The van der Waals surface area contributed by atoms with Gasteiger partial charge in [0.25, 0.3) is 5.91 Å². The number of allylic oxidation sites excluding steroid dienone is 1. The maximum Gasteiger partial charge on any atom is 0.357 e. The van der Waals surface area contributed by atoms with E-state index in [2.05, 4.69) is 5.10 Å². The molecule has 1 N–H and O–H groups in total. The molecular formula is C18H18ClN3O3. The van der Waals surface area contributed by atoms with Crippen molar-refractivity contribution < 1.29 is 14.7 Å². The Morgan fingerprint density at radius 2 is 2.04 bits per heavy atom. The number of carboxylic acid groups (broad SMARTS) is 1. The van der Waals surface area contributed by atoms with Crippen LogP contribution in [-0.4, -0.2) is 38.2 Å². The minimum Gasteiger partial charge on any atom is -0.476 e. The third-order valence-electron chi connectivity index (χ3n) is 4.02. The Bertz CT molecular complexity index is 882.